The van der Waals surface area contributed by atoms with Crippen LogP contribution >= 0.6 is 23.1 Å². The number of nitro groups is 1. The maximum atomic E-state index is 10.9. The van der Waals surface area contributed by atoms with Crippen LogP contribution in [-0.2, 0) is 5.75 Å². The van der Waals surface area contributed by atoms with E-state index in [1.165, 1.54) is 4.21 Å². The molecule has 100 valence electrons. The predicted octanol–water partition coefficient (Wildman–Crippen LogP) is 4.38. The van der Waals surface area contributed by atoms with Gasteiger partial charge < -0.3 is 5.32 Å². The Labute approximate surface area is 120 Å². The van der Waals surface area contributed by atoms with Crippen LogP contribution in [0.4, 0.5) is 11.4 Å². The second-order valence-electron chi connectivity index (χ2n) is 3.86. The van der Waals surface area contributed by atoms with Crippen molar-refractivity contribution in [2.24, 2.45) is 0 Å². The molecule has 1 aromatic heterocycles. The third-order valence-corrected chi connectivity index (χ3v) is 4.70. The zero-order valence-corrected chi connectivity index (χ0v) is 12.1. The number of nitrogens with zero attached hydrogens (tertiary/aromatic N) is 1. The van der Waals surface area contributed by atoms with Gasteiger partial charge in [0.2, 0.25) is 0 Å². The number of nitrogens with one attached hydrogen (secondary N) is 1. The van der Waals surface area contributed by atoms with Gasteiger partial charge in [0, 0.05) is 18.4 Å². The number of nitro benzene ring substituents is 1. The Balaban J connectivity index is 2.13. The molecule has 1 N–H and O–H groups in total. The van der Waals surface area contributed by atoms with E-state index in [1.54, 1.807) is 29.2 Å². The molecule has 0 atom stereocenters. The van der Waals surface area contributed by atoms with E-state index in [-0.39, 0.29) is 10.6 Å². The molecule has 0 unspecified atom stereocenters. The Hall–Kier alpha value is -1.53. The zero-order valence-electron chi connectivity index (χ0n) is 10.5. The lowest BCUT2D eigenvalue weighted by molar-refractivity contribution is -0.384. The van der Waals surface area contributed by atoms with Crippen molar-refractivity contribution in [3.63, 3.8) is 0 Å². The first-order chi connectivity index (χ1) is 9.20. The fourth-order valence-corrected chi connectivity index (χ4v) is 3.39. The molecule has 0 aliphatic heterocycles. The van der Waals surface area contributed by atoms with Crippen molar-refractivity contribution in [2.45, 2.75) is 16.9 Å². The first-order valence-corrected chi connectivity index (χ1v) is 7.74. The Morgan fingerprint density at radius 3 is 2.89 bits per heavy atom. The summed E-state index contributed by atoms with van der Waals surface area (Å²) in [6.45, 7) is 2.60. The second kappa shape index (κ2) is 6.58. The van der Waals surface area contributed by atoms with E-state index in [0.717, 1.165) is 11.3 Å². The molecule has 0 amide bonds. The smallest absolute Gasteiger partial charge is 0.292 e. The number of thiophene rings is 1. The number of anilines is 1. The van der Waals surface area contributed by atoms with Gasteiger partial charge in [0.25, 0.3) is 5.69 Å². The summed E-state index contributed by atoms with van der Waals surface area (Å²) in [5, 5.41) is 16.0. The van der Waals surface area contributed by atoms with Crippen LogP contribution in [0.5, 0.6) is 0 Å². The van der Waals surface area contributed by atoms with Crippen LogP contribution in [0.3, 0.4) is 0 Å². The summed E-state index contributed by atoms with van der Waals surface area (Å²) in [5.74, 6) is 0.816. The largest absolute Gasteiger partial charge is 0.380 e. The summed E-state index contributed by atoms with van der Waals surface area (Å²) in [7, 11) is 0. The van der Waals surface area contributed by atoms with E-state index in [4.69, 9.17) is 0 Å². The van der Waals surface area contributed by atoms with E-state index in [1.807, 2.05) is 30.5 Å². The van der Waals surface area contributed by atoms with Gasteiger partial charge >= 0.3 is 0 Å². The maximum Gasteiger partial charge on any atom is 0.292 e. The van der Waals surface area contributed by atoms with Crippen molar-refractivity contribution < 1.29 is 4.92 Å². The lowest BCUT2D eigenvalue weighted by atomic mass is 10.2. The number of hydrogen-bond acceptors (Lipinski definition) is 5. The van der Waals surface area contributed by atoms with Crippen LogP contribution in [0, 0.1) is 10.1 Å². The standard InChI is InChI=1S/C13H14N2O2S2/c1-2-14-11-8-10(5-6-12(11)15(16)17)9-19-13-4-3-7-18-13/h3-8,14H,2,9H2,1H3. The Morgan fingerprint density at radius 2 is 2.26 bits per heavy atom. The van der Waals surface area contributed by atoms with Gasteiger partial charge in [-0.25, -0.2) is 0 Å². The summed E-state index contributed by atoms with van der Waals surface area (Å²) in [6, 6.07) is 9.35. The van der Waals surface area contributed by atoms with E-state index < -0.39 is 0 Å². The van der Waals surface area contributed by atoms with Gasteiger partial charge in [0.05, 0.1) is 9.13 Å². The van der Waals surface area contributed by atoms with Crippen molar-refractivity contribution in [1.29, 1.82) is 0 Å². The summed E-state index contributed by atoms with van der Waals surface area (Å²) in [6.07, 6.45) is 0. The molecule has 4 nitrogen and oxygen atoms in total. The van der Waals surface area contributed by atoms with Crippen molar-refractivity contribution in [2.75, 3.05) is 11.9 Å². The average Bonchev–Trinajstić information content (AvgIpc) is 2.90. The molecule has 0 saturated carbocycles. The fourth-order valence-electron chi connectivity index (χ4n) is 1.66. The molecule has 1 heterocycles. The quantitative estimate of drug-likeness (QED) is 0.488. The van der Waals surface area contributed by atoms with E-state index in [9.17, 15) is 10.1 Å². The second-order valence-corrected chi connectivity index (χ2v) is 6.08. The summed E-state index contributed by atoms with van der Waals surface area (Å²) in [4.78, 5) is 10.6. The lowest BCUT2D eigenvalue weighted by Gasteiger charge is -2.07. The van der Waals surface area contributed by atoms with Crippen molar-refractivity contribution in [3.05, 3.63) is 51.4 Å². The highest BCUT2D eigenvalue weighted by molar-refractivity contribution is 8.00. The summed E-state index contributed by atoms with van der Waals surface area (Å²) in [5.41, 5.74) is 1.81. The zero-order chi connectivity index (χ0) is 13.7. The summed E-state index contributed by atoms with van der Waals surface area (Å²) < 4.78 is 1.25. The van der Waals surface area contributed by atoms with Crippen LogP contribution in [0.2, 0.25) is 0 Å². The third-order valence-electron chi connectivity index (χ3n) is 2.50. The van der Waals surface area contributed by atoms with Gasteiger partial charge in [0.1, 0.15) is 5.69 Å². The van der Waals surface area contributed by atoms with E-state index >= 15 is 0 Å². The molecule has 1 aromatic carbocycles. The van der Waals surface area contributed by atoms with Crippen LogP contribution < -0.4 is 5.32 Å². The first-order valence-electron chi connectivity index (χ1n) is 5.88. The lowest BCUT2D eigenvalue weighted by Crippen LogP contribution is -2.01. The Bertz CT molecular complexity index is 556. The first kappa shape index (κ1) is 13.9. The Kier molecular flexibility index (Phi) is 4.81. The predicted molar refractivity (Wildman–Crippen MR) is 81.1 cm³/mol. The average molecular weight is 294 g/mol. The highest BCUT2D eigenvalue weighted by Crippen LogP contribution is 2.30. The van der Waals surface area contributed by atoms with E-state index in [2.05, 4.69) is 11.4 Å². The van der Waals surface area contributed by atoms with Gasteiger partial charge in [-0.05, 0) is 30.0 Å². The molecular weight excluding hydrogens is 280 g/mol. The van der Waals surface area contributed by atoms with Crippen molar-refractivity contribution >= 4 is 34.5 Å². The van der Waals surface area contributed by atoms with Gasteiger partial charge in [-0.15, -0.1) is 23.1 Å². The Morgan fingerprint density at radius 1 is 1.42 bits per heavy atom. The normalized spacial score (nSPS) is 10.4. The highest BCUT2D eigenvalue weighted by atomic mass is 32.2. The molecule has 19 heavy (non-hydrogen) atoms. The van der Waals surface area contributed by atoms with Crippen molar-refractivity contribution in [1.82, 2.24) is 0 Å². The molecule has 0 saturated heterocycles. The van der Waals surface area contributed by atoms with Crippen LogP contribution in [0.15, 0.2) is 39.9 Å². The van der Waals surface area contributed by atoms with E-state index in [0.29, 0.717) is 12.2 Å². The maximum absolute atomic E-state index is 10.9. The number of benzene rings is 1. The minimum atomic E-state index is -0.353. The SMILES string of the molecule is CCNc1cc(CSc2cccs2)ccc1[N+](=O)[O-]. The van der Waals surface area contributed by atoms with Crippen molar-refractivity contribution in [3.8, 4) is 0 Å². The highest BCUT2D eigenvalue weighted by Gasteiger charge is 2.13. The molecule has 2 aromatic rings. The number of hydrogen-bond donors (Lipinski definition) is 1. The molecule has 0 bridgehead atoms. The molecule has 0 fully saturated rings. The van der Waals surface area contributed by atoms with Crippen LogP contribution in [-0.4, -0.2) is 11.5 Å². The molecule has 0 spiro atoms. The van der Waals surface area contributed by atoms with Crippen LogP contribution in [0.25, 0.3) is 0 Å². The third kappa shape index (κ3) is 3.71. The summed E-state index contributed by atoms with van der Waals surface area (Å²) >= 11 is 3.45. The van der Waals surface area contributed by atoms with Gasteiger partial charge in [-0.3, -0.25) is 10.1 Å². The monoisotopic (exact) mass is 294 g/mol. The molecule has 0 aliphatic carbocycles. The minimum Gasteiger partial charge on any atom is -0.380 e. The number of thioether (sulfide) groups is 1. The minimum absolute atomic E-state index is 0.131. The molecule has 0 radical (unpaired) electrons. The molecule has 6 heteroatoms. The van der Waals surface area contributed by atoms with Crippen LogP contribution in [0.1, 0.15) is 12.5 Å². The molecular formula is C13H14N2O2S2. The van der Waals surface area contributed by atoms with Gasteiger partial charge in [-0.2, -0.15) is 0 Å². The van der Waals surface area contributed by atoms with Gasteiger partial charge in [0.15, 0.2) is 0 Å². The fraction of sp³-hybridized carbons (Fsp3) is 0.231. The topological polar surface area (TPSA) is 55.2 Å². The molecule has 0 aliphatic rings. The number of rotatable bonds is 6. The molecule has 2 rings (SSSR count). The van der Waals surface area contributed by atoms with Gasteiger partial charge in [-0.1, -0.05) is 12.1 Å².